The Bertz CT molecular complexity index is 518. The van der Waals surface area contributed by atoms with Crippen molar-refractivity contribution in [2.45, 2.75) is 0 Å². The van der Waals surface area contributed by atoms with E-state index in [9.17, 15) is 4.79 Å². The van der Waals surface area contributed by atoms with Crippen LogP contribution in [0, 0.1) is 0 Å². The lowest BCUT2D eigenvalue weighted by molar-refractivity contribution is 0.0955. The molecule has 0 saturated heterocycles. The Morgan fingerprint density at radius 1 is 1.38 bits per heavy atom. The number of aromatic nitrogens is 2. The molecule has 0 spiro atoms. The first-order valence-corrected chi connectivity index (χ1v) is 5.11. The van der Waals surface area contributed by atoms with Gasteiger partial charge < -0.3 is 0 Å². The van der Waals surface area contributed by atoms with Crippen molar-refractivity contribution in [2.75, 3.05) is 0 Å². The summed E-state index contributed by atoms with van der Waals surface area (Å²) in [7, 11) is 0. The molecule has 0 fully saturated rings. The van der Waals surface area contributed by atoms with Gasteiger partial charge in [0.25, 0.3) is 5.91 Å². The third-order valence-electron chi connectivity index (χ3n) is 2.00. The van der Waals surface area contributed by atoms with E-state index in [-0.39, 0.29) is 5.91 Å². The van der Waals surface area contributed by atoms with Crippen LogP contribution in [0.25, 0.3) is 6.08 Å². The van der Waals surface area contributed by atoms with Crippen LogP contribution in [-0.2, 0) is 0 Å². The van der Waals surface area contributed by atoms with Crippen LogP contribution in [0.2, 0.25) is 5.02 Å². The quantitative estimate of drug-likeness (QED) is 0.747. The van der Waals surface area contributed by atoms with Gasteiger partial charge in [-0.1, -0.05) is 23.7 Å². The highest BCUT2D eigenvalue weighted by Crippen LogP contribution is 2.11. The first kappa shape index (κ1) is 10.6. The second kappa shape index (κ2) is 4.77. The highest BCUT2D eigenvalue weighted by Gasteiger charge is 1.98. The van der Waals surface area contributed by atoms with E-state index in [2.05, 4.69) is 5.10 Å². The van der Waals surface area contributed by atoms with Gasteiger partial charge in [0.1, 0.15) is 0 Å². The van der Waals surface area contributed by atoms with Crippen molar-refractivity contribution in [2.24, 2.45) is 0 Å². The largest absolute Gasteiger partial charge is 0.270 e. The van der Waals surface area contributed by atoms with Crippen molar-refractivity contribution in [3.8, 4) is 0 Å². The minimum atomic E-state index is -0.190. The second-order valence-electron chi connectivity index (χ2n) is 3.18. The molecule has 0 radical (unpaired) electrons. The van der Waals surface area contributed by atoms with Gasteiger partial charge in [0.05, 0.1) is 0 Å². The number of benzene rings is 1. The fourth-order valence-corrected chi connectivity index (χ4v) is 1.45. The molecule has 0 saturated carbocycles. The van der Waals surface area contributed by atoms with E-state index in [1.54, 1.807) is 36.7 Å². The van der Waals surface area contributed by atoms with E-state index in [1.807, 2.05) is 12.1 Å². The van der Waals surface area contributed by atoms with Crippen LogP contribution in [-0.4, -0.2) is 15.7 Å². The Kier molecular flexibility index (Phi) is 3.17. The van der Waals surface area contributed by atoms with Crippen LogP contribution >= 0.6 is 11.6 Å². The van der Waals surface area contributed by atoms with E-state index < -0.39 is 0 Å². The lowest BCUT2D eigenvalue weighted by atomic mass is 10.2. The fourth-order valence-electron chi connectivity index (χ4n) is 1.25. The molecule has 16 heavy (non-hydrogen) atoms. The van der Waals surface area contributed by atoms with Gasteiger partial charge >= 0.3 is 0 Å². The number of hydrogen-bond acceptors (Lipinski definition) is 2. The number of allylic oxidation sites excluding steroid dienone is 1. The standard InChI is InChI=1S/C12H9ClN2O/c13-11-4-1-3-10(9-11)5-6-12(16)15-8-2-7-14-15/h1-9H/b6-5+. The summed E-state index contributed by atoms with van der Waals surface area (Å²) in [4.78, 5) is 11.5. The summed E-state index contributed by atoms with van der Waals surface area (Å²) >= 11 is 5.82. The average Bonchev–Trinajstić information content (AvgIpc) is 2.79. The molecule has 1 aromatic carbocycles. The summed E-state index contributed by atoms with van der Waals surface area (Å²) in [6.07, 6.45) is 6.32. The minimum absolute atomic E-state index is 0.190. The van der Waals surface area contributed by atoms with Gasteiger partial charge in [-0.05, 0) is 29.8 Å². The maximum absolute atomic E-state index is 11.5. The maximum atomic E-state index is 11.5. The van der Waals surface area contributed by atoms with E-state index >= 15 is 0 Å². The van der Waals surface area contributed by atoms with Crippen LogP contribution in [0.5, 0.6) is 0 Å². The first-order valence-electron chi connectivity index (χ1n) is 4.73. The molecule has 1 aromatic heterocycles. The maximum Gasteiger partial charge on any atom is 0.270 e. The van der Waals surface area contributed by atoms with Gasteiger partial charge in [-0.3, -0.25) is 4.79 Å². The van der Waals surface area contributed by atoms with Gasteiger partial charge in [0.15, 0.2) is 0 Å². The van der Waals surface area contributed by atoms with Crippen LogP contribution in [0.15, 0.2) is 48.8 Å². The molecule has 1 heterocycles. The van der Waals surface area contributed by atoms with E-state index in [4.69, 9.17) is 11.6 Å². The molecule has 2 aromatic rings. The summed E-state index contributed by atoms with van der Waals surface area (Å²) in [6, 6.07) is 8.98. The molecular formula is C12H9ClN2O. The molecular weight excluding hydrogens is 224 g/mol. The lowest BCUT2D eigenvalue weighted by Crippen LogP contribution is -2.06. The zero-order chi connectivity index (χ0) is 11.4. The predicted molar refractivity (Wildman–Crippen MR) is 63.3 cm³/mol. The van der Waals surface area contributed by atoms with Gasteiger partial charge in [-0.25, -0.2) is 4.68 Å². The summed E-state index contributed by atoms with van der Waals surface area (Å²) in [5, 5.41) is 4.48. The van der Waals surface area contributed by atoms with E-state index in [0.29, 0.717) is 5.02 Å². The van der Waals surface area contributed by atoms with E-state index in [1.165, 1.54) is 10.8 Å². The molecule has 0 N–H and O–H groups in total. The smallest absolute Gasteiger partial charge is 0.267 e. The molecule has 0 bridgehead atoms. The monoisotopic (exact) mass is 232 g/mol. The zero-order valence-electron chi connectivity index (χ0n) is 8.38. The van der Waals surface area contributed by atoms with Crippen LogP contribution in [0.4, 0.5) is 0 Å². The first-order chi connectivity index (χ1) is 7.75. The van der Waals surface area contributed by atoms with Crippen LogP contribution in [0.3, 0.4) is 0 Å². The molecule has 3 nitrogen and oxygen atoms in total. The van der Waals surface area contributed by atoms with Gasteiger partial charge in [0, 0.05) is 23.5 Å². The third-order valence-corrected chi connectivity index (χ3v) is 2.23. The molecule has 2 rings (SSSR count). The SMILES string of the molecule is O=C(/C=C/c1cccc(Cl)c1)n1cccn1. The highest BCUT2D eigenvalue weighted by atomic mass is 35.5. The van der Waals surface area contributed by atoms with Gasteiger partial charge in [-0.15, -0.1) is 0 Å². The number of rotatable bonds is 2. The van der Waals surface area contributed by atoms with Gasteiger partial charge in [-0.2, -0.15) is 5.10 Å². The zero-order valence-corrected chi connectivity index (χ0v) is 9.13. The molecule has 4 heteroatoms. The summed E-state index contributed by atoms with van der Waals surface area (Å²) in [5.41, 5.74) is 0.882. The number of nitrogens with zero attached hydrogens (tertiary/aromatic N) is 2. The molecule has 80 valence electrons. The Balaban J connectivity index is 2.13. The number of carbonyl (C=O) groups is 1. The Morgan fingerprint density at radius 3 is 2.94 bits per heavy atom. The van der Waals surface area contributed by atoms with Crippen molar-refractivity contribution in [3.05, 3.63) is 59.4 Å². The number of halogens is 1. The average molecular weight is 233 g/mol. The van der Waals surface area contributed by atoms with Crippen LogP contribution < -0.4 is 0 Å². The lowest BCUT2D eigenvalue weighted by Gasteiger charge is -1.95. The third kappa shape index (κ3) is 2.58. The minimum Gasteiger partial charge on any atom is -0.267 e. The van der Waals surface area contributed by atoms with Crippen molar-refractivity contribution in [3.63, 3.8) is 0 Å². The van der Waals surface area contributed by atoms with Crippen molar-refractivity contribution >= 4 is 23.6 Å². The topological polar surface area (TPSA) is 34.9 Å². The molecule has 0 aliphatic rings. The van der Waals surface area contributed by atoms with Crippen molar-refractivity contribution < 1.29 is 4.79 Å². The Labute approximate surface area is 98.0 Å². The van der Waals surface area contributed by atoms with Crippen molar-refractivity contribution in [1.29, 1.82) is 0 Å². The number of carbonyl (C=O) groups excluding carboxylic acids is 1. The molecule has 0 aliphatic carbocycles. The highest BCUT2D eigenvalue weighted by molar-refractivity contribution is 6.30. The Hall–Kier alpha value is -1.87. The van der Waals surface area contributed by atoms with Crippen molar-refractivity contribution in [1.82, 2.24) is 9.78 Å². The normalized spacial score (nSPS) is 10.8. The van der Waals surface area contributed by atoms with Crippen LogP contribution in [0.1, 0.15) is 10.4 Å². The van der Waals surface area contributed by atoms with E-state index in [0.717, 1.165) is 5.56 Å². The predicted octanol–water partition coefficient (Wildman–Crippen LogP) is 2.89. The number of hydrogen-bond donors (Lipinski definition) is 0. The Morgan fingerprint density at radius 2 is 2.25 bits per heavy atom. The summed E-state index contributed by atoms with van der Waals surface area (Å²) in [5.74, 6) is -0.190. The fraction of sp³-hybridized carbons (Fsp3) is 0. The molecule has 0 aliphatic heterocycles. The summed E-state index contributed by atoms with van der Waals surface area (Å²) < 4.78 is 1.26. The molecule has 0 unspecified atom stereocenters. The molecule has 0 atom stereocenters. The molecule has 0 amide bonds. The second-order valence-corrected chi connectivity index (χ2v) is 3.61. The summed E-state index contributed by atoms with van der Waals surface area (Å²) in [6.45, 7) is 0. The van der Waals surface area contributed by atoms with Gasteiger partial charge in [0.2, 0.25) is 0 Å².